The Labute approximate surface area is 223 Å². The van der Waals surface area contributed by atoms with Gasteiger partial charge in [0.2, 0.25) is 5.91 Å². The van der Waals surface area contributed by atoms with E-state index in [1.54, 1.807) is 22.9 Å². The van der Waals surface area contributed by atoms with Gasteiger partial charge in [-0.1, -0.05) is 0 Å². The zero-order valence-corrected chi connectivity index (χ0v) is 21.8. The lowest BCUT2D eigenvalue weighted by Gasteiger charge is -2.21. The molecular formula is C27H24F4N3O4P. The number of carbonyl (C=O) groups excluding carboxylic acids is 2. The monoisotopic (exact) mass is 561 g/mol. The van der Waals surface area contributed by atoms with Gasteiger partial charge in [-0.2, -0.15) is 13.2 Å². The molecule has 2 fully saturated rings. The molecule has 2 aliphatic rings. The zero-order chi connectivity index (χ0) is 28.1. The summed E-state index contributed by atoms with van der Waals surface area (Å²) in [6, 6.07) is 8.18. The molecule has 1 aliphatic heterocycles. The van der Waals surface area contributed by atoms with Crippen LogP contribution < -0.4 is 25.8 Å². The molecule has 1 aliphatic carbocycles. The third kappa shape index (κ3) is 5.15. The van der Waals surface area contributed by atoms with Crippen molar-refractivity contribution < 1.29 is 31.9 Å². The van der Waals surface area contributed by atoms with Crippen molar-refractivity contribution in [3.8, 4) is 5.75 Å². The molecule has 1 N–H and O–H groups in total. The van der Waals surface area contributed by atoms with Crippen molar-refractivity contribution in [2.24, 2.45) is 0 Å². The second kappa shape index (κ2) is 10.1. The number of aromatic nitrogens is 1. The fraction of sp³-hybridized carbons (Fsp3) is 0.296. The lowest BCUT2D eigenvalue weighted by atomic mass is 9.92. The lowest BCUT2D eigenvalue weighted by Crippen LogP contribution is -2.45. The molecule has 0 radical (unpaired) electrons. The van der Waals surface area contributed by atoms with E-state index in [0.29, 0.717) is 5.30 Å². The normalized spacial score (nSPS) is 19.3. The van der Waals surface area contributed by atoms with Gasteiger partial charge < -0.3 is 19.5 Å². The summed E-state index contributed by atoms with van der Waals surface area (Å²) in [6.45, 7) is -0.106. The molecule has 2 heterocycles. The number of nitrogens with zero attached hydrogens (tertiary/aromatic N) is 2. The maximum Gasteiger partial charge on any atom is 0.416 e. The summed E-state index contributed by atoms with van der Waals surface area (Å²) >= 11 is 0. The van der Waals surface area contributed by atoms with Crippen molar-refractivity contribution in [2.75, 3.05) is 18.6 Å². The lowest BCUT2D eigenvalue weighted by molar-refractivity contribution is -0.137. The van der Waals surface area contributed by atoms with Gasteiger partial charge in [0.1, 0.15) is 23.3 Å². The van der Waals surface area contributed by atoms with E-state index in [-0.39, 0.29) is 40.7 Å². The predicted molar refractivity (Wildman–Crippen MR) is 139 cm³/mol. The Morgan fingerprint density at radius 1 is 1.10 bits per heavy atom. The Kier molecular flexibility index (Phi) is 6.97. The van der Waals surface area contributed by atoms with E-state index < -0.39 is 41.3 Å². The van der Waals surface area contributed by atoms with E-state index in [1.807, 2.05) is 0 Å². The Balaban J connectivity index is 1.52. The van der Waals surface area contributed by atoms with Gasteiger partial charge in [-0.3, -0.25) is 14.4 Å². The maximum atomic E-state index is 15.3. The number of amides is 2. The summed E-state index contributed by atoms with van der Waals surface area (Å²) in [5.41, 5.74) is -1.17. The first kappa shape index (κ1) is 26.9. The van der Waals surface area contributed by atoms with E-state index in [0.717, 1.165) is 43.2 Å². The molecule has 39 heavy (non-hydrogen) atoms. The third-order valence-electron chi connectivity index (χ3n) is 7.00. The number of anilines is 1. The molecule has 1 unspecified atom stereocenters. The maximum absolute atomic E-state index is 15.3. The van der Waals surface area contributed by atoms with Gasteiger partial charge in [0.25, 0.3) is 11.5 Å². The van der Waals surface area contributed by atoms with Gasteiger partial charge in [0, 0.05) is 41.9 Å². The number of methoxy groups -OCH3 is 1. The number of ether oxygens (including phenoxy) is 1. The summed E-state index contributed by atoms with van der Waals surface area (Å²) in [5.74, 6) is -2.77. The molecule has 1 saturated carbocycles. The average Bonchev–Trinajstić information content (AvgIpc) is 3.69. The van der Waals surface area contributed by atoms with Crippen molar-refractivity contribution in [1.29, 1.82) is 0 Å². The van der Waals surface area contributed by atoms with Crippen LogP contribution in [0.1, 0.15) is 46.3 Å². The molecule has 2 aromatic carbocycles. The molecule has 2 amide bonds. The Bertz CT molecular complexity index is 1480. The van der Waals surface area contributed by atoms with Gasteiger partial charge >= 0.3 is 6.18 Å². The largest absolute Gasteiger partial charge is 0.497 e. The van der Waals surface area contributed by atoms with Crippen LogP contribution in [0, 0.1) is 5.82 Å². The molecule has 1 saturated heterocycles. The van der Waals surface area contributed by atoms with E-state index in [2.05, 4.69) is 14.6 Å². The predicted octanol–water partition coefficient (Wildman–Crippen LogP) is 3.78. The zero-order valence-electron chi connectivity index (χ0n) is 20.7. The standard InChI is InChI=1S/C27H24F4N3O4P/c1-38-17-11-19(28)22(21(39)12-17)18-13-34(20-3-2-10-33(25(20)36)16-8-9-16)26(37)23(18)32-24(35)14-4-6-15(7-5-14)27(29,30)31/h2-7,10-12,16,18,23H,8-9,13,39H2,1H3,(H,32,35)/t18-,23-/m0/s1. The van der Waals surface area contributed by atoms with Crippen LogP contribution in [0.25, 0.3) is 0 Å². The summed E-state index contributed by atoms with van der Waals surface area (Å²) in [5, 5.41) is 2.97. The van der Waals surface area contributed by atoms with Crippen molar-refractivity contribution in [3.63, 3.8) is 0 Å². The highest BCUT2D eigenvalue weighted by Crippen LogP contribution is 2.36. The van der Waals surface area contributed by atoms with E-state index in [4.69, 9.17) is 4.74 Å². The third-order valence-corrected chi connectivity index (χ3v) is 7.48. The van der Waals surface area contributed by atoms with Crippen LogP contribution >= 0.6 is 9.24 Å². The Morgan fingerprint density at radius 2 is 1.79 bits per heavy atom. The number of nitrogens with one attached hydrogen (secondary N) is 1. The minimum absolute atomic E-state index is 0.0544. The van der Waals surface area contributed by atoms with Crippen molar-refractivity contribution in [3.05, 3.63) is 87.6 Å². The summed E-state index contributed by atoms with van der Waals surface area (Å²) < 4.78 is 60.9. The van der Waals surface area contributed by atoms with Gasteiger partial charge in [-0.05, 0) is 60.6 Å². The second-order valence-corrected chi connectivity index (χ2v) is 10.2. The minimum Gasteiger partial charge on any atom is -0.497 e. The number of carbonyl (C=O) groups is 2. The van der Waals surface area contributed by atoms with Gasteiger partial charge in [-0.15, -0.1) is 9.24 Å². The fourth-order valence-electron chi connectivity index (χ4n) is 4.87. The van der Waals surface area contributed by atoms with Crippen LogP contribution in [0.3, 0.4) is 0 Å². The molecule has 204 valence electrons. The van der Waals surface area contributed by atoms with Gasteiger partial charge in [0.05, 0.1) is 12.7 Å². The van der Waals surface area contributed by atoms with Gasteiger partial charge in [0.15, 0.2) is 0 Å². The molecular weight excluding hydrogens is 537 g/mol. The molecule has 3 aromatic rings. The van der Waals surface area contributed by atoms with E-state index in [9.17, 15) is 27.6 Å². The number of rotatable bonds is 6. The molecule has 3 atom stereocenters. The topological polar surface area (TPSA) is 80.6 Å². The molecule has 0 spiro atoms. The Hall–Kier alpha value is -3.72. The summed E-state index contributed by atoms with van der Waals surface area (Å²) in [7, 11) is 3.77. The smallest absolute Gasteiger partial charge is 0.416 e. The van der Waals surface area contributed by atoms with Gasteiger partial charge in [-0.25, -0.2) is 4.39 Å². The van der Waals surface area contributed by atoms with E-state index >= 15 is 4.39 Å². The first-order chi connectivity index (χ1) is 18.5. The highest BCUT2D eigenvalue weighted by molar-refractivity contribution is 7.27. The number of pyridine rings is 1. The van der Waals surface area contributed by atoms with Crippen molar-refractivity contribution in [1.82, 2.24) is 9.88 Å². The highest BCUT2D eigenvalue weighted by atomic mass is 31.0. The van der Waals surface area contributed by atoms with Crippen LogP contribution in [0.15, 0.2) is 59.5 Å². The highest BCUT2D eigenvalue weighted by Gasteiger charge is 2.45. The SMILES string of the molecule is COc1cc(F)c([C@@H]2CN(c3cccn(C4CC4)c3=O)C(=O)[C@H]2NC(=O)c2ccc(C(F)(F)F)cc2)c(P)c1. The van der Waals surface area contributed by atoms with Crippen LogP contribution in [-0.2, 0) is 11.0 Å². The Morgan fingerprint density at radius 3 is 2.38 bits per heavy atom. The second-order valence-electron chi connectivity index (χ2n) is 9.53. The first-order valence-electron chi connectivity index (χ1n) is 12.1. The summed E-state index contributed by atoms with van der Waals surface area (Å²) in [6.07, 6.45) is -1.24. The average molecular weight is 561 g/mol. The first-order valence-corrected chi connectivity index (χ1v) is 12.7. The number of alkyl halides is 3. The molecule has 7 nitrogen and oxygen atoms in total. The fourth-order valence-corrected chi connectivity index (χ4v) is 5.39. The quantitative estimate of drug-likeness (QED) is 0.367. The number of halogens is 4. The molecule has 12 heteroatoms. The number of hydrogen-bond donors (Lipinski definition) is 1. The van der Waals surface area contributed by atoms with Crippen LogP contribution in [-0.4, -0.2) is 36.1 Å². The number of benzene rings is 2. The van der Waals surface area contributed by atoms with Crippen molar-refractivity contribution >= 4 is 32.0 Å². The minimum atomic E-state index is -4.58. The van der Waals surface area contributed by atoms with Crippen LogP contribution in [0.2, 0.25) is 0 Å². The van der Waals surface area contributed by atoms with Crippen molar-refractivity contribution in [2.45, 2.75) is 37.0 Å². The molecule has 1 aromatic heterocycles. The summed E-state index contributed by atoms with van der Waals surface area (Å²) in [4.78, 5) is 41.2. The number of hydrogen-bond acceptors (Lipinski definition) is 4. The molecule has 5 rings (SSSR count). The van der Waals surface area contributed by atoms with Crippen LogP contribution in [0.4, 0.5) is 23.2 Å². The van der Waals surface area contributed by atoms with Crippen LogP contribution in [0.5, 0.6) is 5.75 Å². The molecule has 0 bridgehead atoms. The van der Waals surface area contributed by atoms with E-state index in [1.165, 1.54) is 18.1 Å².